The van der Waals surface area contributed by atoms with Gasteiger partial charge in [-0.15, -0.1) is 0 Å². The standard InChI is InChI=1S/C24H22O4/c1-26-22-12-15(13-23(27-2)24(22)28-3)11-19-17-8-5-4-7-16(17)14-20-18(19)9-6-10-21(20)25/h4-9,12-14H,10-11H2,1-3H3. The van der Waals surface area contributed by atoms with E-state index in [9.17, 15) is 4.79 Å². The van der Waals surface area contributed by atoms with Gasteiger partial charge in [0.2, 0.25) is 5.75 Å². The molecule has 0 spiro atoms. The van der Waals surface area contributed by atoms with Crippen LogP contribution in [0.2, 0.25) is 0 Å². The van der Waals surface area contributed by atoms with Gasteiger partial charge < -0.3 is 14.2 Å². The van der Waals surface area contributed by atoms with Gasteiger partial charge in [0, 0.05) is 12.0 Å². The molecule has 0 bridgehead atoms. The van der Waals surface area contributed by atoms with Crippen molar-refractivity contribution in [2.24, 2.45) is 0 Å². The molecule has 28 heavy (non-hydrogen) atoms. The Kier molecular flexibility index (Phi) is 4.78. The molecule has 3 aromatic carbocycles. The molecule has 4 heteroatoms. The van der Waals surface area contributed by atoms with Crippen LogP contribution in [-0.4, -0.2) is 27.1 Å². The fourth-order valence-corrected chi connectivity index (χ4v) is 3.89. The first-order valence-electron chi connectivity index (χ1n) is 9.19. The summed E-state index contributed by atoms with van der Waals surface area (Å²) in [7, 11) is 4.82. The number of rotatable bonds is 5. The van der Waals surface area contributed by atoms with Gasteiger partial charge in [-0.25, -0.2) is 0 Å². The maximum absolute atomic E-state index is 12.5. The van der Waals surface area contributed by atoms with E-state index >= 15 is 0 Å². The number of carbonyl (C=O) groups is 1. The Bertz CT molecular complexity index is 1070. The second-order valence-electron chi connectivity index (χ2n) is 6.78. The zero-order chi connectivity index (χ0) is 19.7. The topological polar surface area (TPSA) is 44.8 Å². The van der Waals surface area contributed by atoms with Gasteiger partial charge in [0.05, 0.1) is 21.3 Å². The second-order valence-corrected chi connectivity index (χ2v) is 6.78. The SMILES string of the molecule is COc1cc(Cc2c3c(cc4ccccc24)C(=O)CC=C3)cc(OC)c1OC. The normalized spacial score (nSPS) is 12.8. The van der Waals surface area contributed by atoms with Crippen LogP contribution in [0.5, 0.6) is 17.2 Å². The van der Waals surface area contributed by atoms with E-state index in [4.69, 9.17) is 14.2 Å². The first kappa shape index (κ1) is 18.1. The van der Waals surface area contributed by atoms with Crippen molar-refractivity contribution in [3.8, 4) is 17.2 Å². The Balaban J connectivity index is 1.91. The number of hydrogen-bond donors (Lipinski definition) is 0. The smallest absolute Gasteiger partial charge is 0.203 e. The highest BCUT2D eigenvalue weighted by molar-refractivity contribution is 6.07. The summed E-state index contributed by atoms with van der Waals surface area (Å²) in [6.45, 7) is 0. The summed E-state index contributed by atoms with van der Waals surface area (Å²) >= 11 is 0. The molecule has 0 amide bonds. The van der Waals surface area contributed by atoms with Crippen LogP contribution in [0.4, 0.5) is 0 Å². The maximum Gasteiger partial charge on any atom is 0.203 e. The Morgan fingerprint density at radius 2 is 1.64 bits per heavy atom. The van der Waals surface area contributed by atoms with E-state index in [1.807, 2.05) is 36.4 Å². The van der Waals surface area contributed by atoms with Crippen molar-refractivity contribution >= 4 is 22.6 Å². The minimum atomic E-state index is 0.161. The van der Waals surface area contributed by atoms with Gasteiger partial charge in [0.15, 0.2) is 17.3 Å². The minimum Gasteiger partial charge on any atom is -0.493 e. The summed E-state index contributed by atoms with van der Waals surface area (Å²) in [5, 5.41) is 2.22. The van der Waals surface area contributed by atoms with E-state index in [-0.39, 0.29) is 5.78 Å². The predicted molar refractivity (Wildman–Crippen MR) is 111 cm³/mol. The zero-order valence-electron chi connectivity index (χ0n) is 16.2. The van der Waals surface area contributed by atoms with E-state index in [1.54, 1.807) is 21.3 Å². The molecule has 0 heterocycles. The van der Waals surface area contributed by atoms with Crippen LogP contribution < -0.4 is 14.2 Å². The molecule has 0 radical (unpaired) electrons. The van der Waals surface area contributed by atoms with Crippen LogP contribution in [0, 0.1) is 0 Å². The third kappa shape index (κ3) is 3.01. The van der Waals surface area contributed by atoms with Crippen LogP contribution in [0.3, 0.4) is 0 Å². The average Bonchev–Trinajstić information content (AvgIpc) is 2.73. The summed E-state index contributed by atoms with van der Waals surface area (Å²) in [6.07, 6.45) is 5.11. The van der Waals surface area contributed by atoms with Gasteiger partial charge in [-0.2, -0.15) is 0 Å². The summed E-state index contributed by atoms with van der Waals surface area (Å²) in [6, 6.07) is 14.1. The van der Waals surface area contributed by atoms with Crippen molar-refractivity contribution in [2.45, 2.75) is 12.8 Å². The van der Waals surface area contributed by atoms with Crippen LogP contribution in [0.15, 0.2) is 48.5 Å². The Morgan fingerprint density at radius 1 is 0.929 bits per heavy atom. The van der Waals surface area contributed by atoms with Crippen molar-refractivity contribution in [3.63, 3.8) is 0 Å². The van der Waals surface area contributed by atoms with E-state index in [1.165, 1.54) is 0 Å². The lowest BCUT2D eigenvalue weighted by molar-refractivity contribution is 0.0994. The van der Waals surface area contributed by atoms with Crippen molar-refractivity contribution in [1.82, 2.24) is 0 Å². The molecule has 0 unspecified atom stereocenters. The third-order valence-corrected chi connectivity index (χ3v) is 5.19. The largest absolute Gasteiger partial charge is 0.493 e. The van der Waals surface area contributed by atoms with E-state index < -0.39 is 0 Å². The lowest BCUT2D eigenvalue weighted by atomic mass is 9.85. The number of hydrogen-bond acceptors (Lipinski definition) is 4. The predicted octanol–water partition coefficient (Wildman–Crippen LogP) is 5.06. The number of carbonyl (C=O) groups excluding carboxylic acids is 1. The highest BCUT2D eigenvalue weighted by atomic mass is 16.5. The molecule has 0 saturated heterocycles. The molecule has 0 aromatic heterocycles. The molecule has 1 aliphatic rings. The molecule has 0 saturated carbocycles. The van der Waals surface area contributed by atoms with Gasteiger partial charge in [-0.3, -0.25) is 4.79 Å². The van der Waals surface area contributed by atoms with Crippen molar-refractivity contribution in [1.29, 1.82) is 0 Å². The maximum atomic E-state index is 12.5. The van der Waals surface area contributed by atoms with Crippen LogP contribution >= 0.6 is 0 Å². The number of benzene rings is 3. The van der Waals surface area contributed by atoms with E-state index in [0.29, 0.717) is 30.1 Å². The lowest BCUT2D eigenvalue weighted by Gasteiger charge is -2.19. The lowest BCUT2D eigenvalue weighted by Crippen LogP contribution is -2.08. The van der Waals surface area contributed by atoms with Gasteiger partial charge >= 0.3 is 0 Å². The molecule has 0 atom stereocenters. The second kappa shape index (κ2) is 7.39. The Hall–Kier alpha value is -3.27. The monoisotopic (exact) mass is 374 g/mol. The molecule has 0 fully saturated rings. The molecule has 142 valence electrons. The number of methoxy groups -OCH3 is 3. The van der Waals surface area contributed by atoms with Crippen LogP contribution in [-0.2, 0) is 6.42 Å². The van der Waals surface area contributed by atoms with Crippen molar-refractivity contribution < 1.29 is 19.0 Å². The van der Waals surface area contributed by atoms with E-state index in [2.05, 4.69) is 18.2 Å². The number of ether oxygens (including phenoxy) is 3. The van der Waals surface area contributed by atoms with Gasteiger partial charge in [0.1, 0.15) is 0 Å². The summed E-state index contributed by atoms with van der Waals surface area (Å²) < 4.78 is 16.4. The van der Waals surface area contributed by atoms with Gasteiger partial charge in [0.25, 0.3) is 0 Å². The molecule has 3 aromatic rings. The number of fused-ring (bicyclic) bond motifs is 2. The van der Waals surface area contributed by atoms with Gasteiger partial charge in [-0.05, 0) is 52.1 Å². The van der Waals surface area contributed by atoms with Crippen LogP contribution in [0.25, 0.3) is 16.8 Å². The van der Waals surface area contributed by atoms with Gasteiger partial charge in [-0.1, -0.05) is 36.4 Å². The number of Topliss-reactive ketones (excluding diaryl/α,β-unsaturated/α-hetero) is 1. The van der Waals surface area contributed by atoms with Crippen molar-refractivity contribution in [2.75, 3.05) is 21.3 Å². The first-order chi connectivity index (χ1) is 13.7. The molecule has 4 rings (SSSR count). The number of ketones is 1. The molecular weight excluding hydrogens is 352 g/mol. The molecule has 0 aliphatic heterocycles. The Morgan fingerprint density at radius 3 is 2.32 bits per heavy atom. The molecule has 1 aliphatic carbocycles. The fourth-order valence-electron chi connectivity index (χ4n) is 3.89. The van der Waals surface area contributed by atoms with Crippen LogP contribution in [0.1, 0.15) is 33.5 Å². The summed E-state index contributed by atoms with van der Waals surface area (Å²) in [4.78, 5) is 12.5. The average molecular weight is 374 g/mol. The minimum absolute atomic E-state index is 0.161. The quantitative estimate of drug-likeness (QED) is 0.626. The Labute approximate surface area is 164 Å². The number of allylic oxidation sites excluding steroid dienone is 1. The van der Waals surface area contributed by atoms with E-state index in [0.717, 1.165) is 33.0 Å². The fraction of sp³-hybridized carbons (Fsp3) is 0.208. The van der Waals surface area contributed by atoms with Crippen molar-refractivity contribution in [3.05, 3.63) is 70.8 Å². The molecule has 0 N–H and O–H groups in total. The molecular formula is C24H22O4. The highest BCUT2D eigenvalue weighted by Gasteiger charge is 2.20. The first-order valence-corrected chi connectivity index (χ1v) is 9.19. The summed E-state index contributed by atoms with van der Waals surface area (Å²) in [5.41, 5.74) is 3.96. The summed E-state index contributed by atoms with van der Waals surface area (Å²) in [5.74, 6) is 1.98. The molecule has 4 nitrogen and oxygen atoms in total. The zero-order valence-corrected chi connectivity index (χ0v) is 16.2. The highest BCUT2D eigenvalue weighted by Crippen LogP contribution is 2.40. The third-order valence-electron chi connectivity index (χ3n) is 5.19.